The van der Waals surface area contributed by atoms with Crippen LogP contribution in [-0.4, -0.2) is 29.3 Å². The second-order valence-electron chi connectivity index (χ2n) is 6.27. The second kappa shape index (κ2) is 13.7. The predicted molar refractivity (Wildman–Crippen MR) is 95.5 cm³/mol. The van der Waals surface area contributed by atoms with Gasteiger partial charge in [0.25, 0.3) is 0 Å². The SMILES string of the molecule is CCC/C=C/CCCCCCCCCC1NC=CN1CCO. The van der Waals surface area contributed by atoms with Crippen molar-refractivity contribution >= 4 is 0 Å². The van der Waals surface area contributed by atoms with Gasteiger partial charge >= 0.3 is 0 Å². The molecule has 0 aromatic heterocycles. The molecule has 0 bridgehead atoms. The maximum absolute atomic E-state index is 9.01. The van der Waals surface area contributed by atoms with Gasteiger partial charge in [-0.3, -0.25) is 0 Å². The molecular formula is C19H36N2O. The molecule has 0 saturated carbocycles. The summed E-state index contributed by atoms with van der Waals surface area (Å²) in [6.07, 6.45) is 23.6. The third kappa shape index (κ3) is 9.14. The van der Waals surface area contributed by atoms with Gasteiger partial charge in [-0.2, -0.15) is 0 Å². The molecule has 0 fully saturated rings. The average Bonchev–Trinajstić information content (AvgIpc) is 2.96. The summed E-state index contributed by atoms with van der Waals surface area (Å²) in [5.41, 5.74) is 0. The lowest BCUT2D eigenvalue weighted by Gasteiger charge is -2.24. The van der Waals surface area contributed by atoms with E-state index in [4.69, 9.17) is 5.11 Å². The van der Waals surface area contributed by atoms with Crippen LogP contribution in [0.15, 0.2) is 24.6 Å². The van der Waals surface area contributed by atoms with E-state index in [1.165, 1.54) is 70.6 Å². The van der Waals surface area contributed by atoms with Gasteiger partial charge in [0.05, 0.1) is 12.8 Å². The topological polar surface area (TPSA) is 35.5 Å². The number of β-amino-alcohol motifs (C(OH)–C–C–N with tert-alkyl or cyclic N) is 1. The van der Waals surface area contributed by atoms with Gasteiger partial charge in [-0.1, -0.05) is 57.6 Å². The number of aliphatic hydroxyl groups excluding tert-OH is 1. The van der Waals surface area contributed by atoms with Crippen LogP contribution in [-0.2, 0) is 0 Å². The molecule has 1 heterocycles. The van der Waals surface area contributed by atoms with Crippen LogP contribution in [0.2, 0.25) is 0 Å². The number of hydrogen-bond donors (Lipinski definition) is 2. The van der Waals surface area contributed by atoms with E-state index in [2.05, 4.69) is 35.5 Å². The Bertz CT molecular complexity index is 302. The van der Waals surface area contributed by atoms with Crippen LogP contribution in [0.4, 0.5) is 0 Å². The number of nitrogens with zero attached hydrogens (tertiary/aromatic N) is 1. The van der Waals surface area contributed by atoms with Crippen molar-refractivity contribution in [2.75, 3.05) is 13.2 Å². The summed E-state index contributed by atoms with van der Waals surface area (Å²) in [6, 6.07) is 0. The lowest BCUT2D eigenvalue weighted by Crippen LogP contribution is -2.36. The molecule has 1 atom stereocenters. The molecule has 1 unspecified atom stereocenters. The van der Waals surface area contributed by atoms with Crippen molar-refractivity contribution in [1.29, 1.82) is 0 Å². The molecule has 0 aromatic rings. The van der Waals surface area contributed by atoms with Crippen molar-refractivity contribution in [3.05, 3.63) is 24.6 Å². The van der Waals surface area contributed by atoms with E-state index in [0.29, 0.717) is 6.17 Å². The zero-order chi connectivity index (χ0) is 15.9. The second-order valence-corrected chi connectivity index (χ2v) is 6.27. The van der Waals surface area contributed by atoms with Crippen molar-refractivity contribution in [1.82, 2.24) is 10.2 Å². The number of allylic oxidation sites excluding steroid dienone is 2. The van der Waals surface area contributed by atoms with Crippen LogP contribution in [0.3, 0.4) is 0 Å². The van der Waals surface area contributed by atoms with E-state index >= 15 is 0 Å². The van der Waals surface area contributed by atoms with E-state index in [9.17, 15) is 0 Å². The fraction of sp³-hybridized carbons (Fsp3) is 0.789. The van der Waals surface area contributed by atoms with Crippen LogP contribution in [0.1, 0.15) is 77.6 Å². The first-order chi connectivity index (χ1) is 10.9. The van der Waals surface area contributed by atoms with Crippen molar-refractivity contribution < 1.29 is 5.11 Å². The Hall–Kier alpha value is -0.960. The molecule has 0 radical (unpaired) electrons. The number of rotatable bonds is 14. The molecule has 0 saturated heterocycles. The Kier molecular flexibility index (Phi) is 11.9. The summed E-state index contributed by atoms with van der Waals surface area (Å²) in [4.78, 5) is 2.20. The van der Waals surface area contributed by atoms with E-state index < -0.39 is 0 Å². The first-order valence-corrected chi connectivity index (χ1v) is 9.32. The molecule has 22 heavy (non-hydrogen) atoms. The number of nitrogens with one attached hydrogen (secondary N) is 1. The van der Waals surface area contributed by atoms with E-state index in [-0.39, 0.29) is 6.61 Å². The summed E-state index contributed by atoms with van der Waals surface area (Å²) >= 11 is 0. The Morgan fingerprint density at radius 2 is 1.68 bits per heavy atom. The van der Waals surface area contributed by atoms with Crippen LogP contribution >= 0.6 is 0 Å². The molecule has 1 aliphatic heterocycles. The highest BCUT2D eigenvalue weighted by atomic mass is 16.3. The lowest BCUT2D eigenvalue weighted by atomic mass is 10.1. The maximum Gasteiger partial charge on any atom is 0.0982 e. The fourth-order valence-electron chi connectivity index (χ4n) is 2.93. The van der Waals surface area contributed by atoms with Gasteiger partial charge in [0.2, 0.25) is 0 Å². The third-order valence-corrected chi connectivity index (χ3v) is 4.28. The van der Waals surface area contributed by atoms with E-state index in [1.807, 2.05) is 6.20 Å². The first kappa shape index (κ1) is 19.1. The molecule has 1 rings (SSSR count). The maximum atomic E-state index is 9.01. The summed E-state index contributed by atoms with van der Waals surface area (Å²) in [5, 5.41) is 12.4. The molecule has 0 spiro atoms. The van der Waals surface area contributed by atoms with Crippen LogP contribution in [0, 0.1) is 0 Å². The Labute approximate surface area is 137 Å². The Morgan fingerprint density at radius 3 is 2.41 bits per heavy atom. The Balaban J connectivity index is 1.84. The van der Waals surface area contributed by atoms with Crippen molar-refractivity contribution in [2.24, 2.45) is 0 Å². The summed E-state index contributed by atoms with van der Waals surface area (Å²) in [7, 11) is 0. The standard InChI is InChI=1S/C19H36N2O/c1-2-3-4-5-6-7-8-9-10-11-12-13-14-19-20-15-16-21(19)17-18-22/h4-5,15-16,19-20,22H,2-3,6-14,17-18H2,1H3/b5-4+. The smallest absolute Gasteiger partial charge is 0.0982 e. The molecule has 2 N–H and O–H groups in total. The highest BCUT2D eigenvalue weighted by molar-refractivity contribution is 4.93. The zero-order valence-electron chi connectivity index (χ0n) is 14.5. The van der Waals surface area contributed by atoms with Gasteiger partial charge in [0.1, 0.15) is 0 Å². The fourth-order valence-corrected chi connectivity index (χ4v) is 2.93. The molecule has 0 aromatic carbocycles. The van der Waals surface area contributed by atoms with Crippen LogP contribution < -0.4 is 5.32 Å². The summed E-state index contributed by atoms with van der Waals surface area (Å²) < 4.78 is 0. The van der Waals surface area contributed by atoms with Crippen molar-refractivity contribution in [2.45, 2.75) is 83.7 Å². The zero-order valence-corrected chi connectivity index (χ0v) is 14.5. The molecular weight excluding hydrogens is 272 g/mol. The molecule has 1 aliphatic rings. The minimum Gasteiger partial charge on any atom is -0.395 e. The molecule has 0 aliphatic carbocycles. The monoisotopic (exact) mass is 308 g/mol. The molecule has 128 valence electrons. The molecule has 0 amide bonds. The minimum atomic E-state index is 0.232. The van der Waals surface area contributed by atoms with E-state index in [1.54, 1.807) is 0 Å². The molecule has 3 heteroatoms. The quantitative estimate of drug-likeness (QED) is 0.365. The number of aliphatic hydroxyl groups is 1. The minimum absolute atomic E-state index is 0.232. The molecule has 3 nitrogen and oxygen atoms in total. The predicted octanol–water partition coefficient (Wildman–Crippen LogP) is 4.55. The summed E-state index contributed by atoms with van der Waals surface area (Å²) in [5.74, 6) is 0. The Morgan fingerprint density at radius 1 is 1.00 bits per heavy atom. The third-order valence-electron chi connectivity index (χ3n) is 4.28. The normalized spacial score (nSPS) is 17.5. The average molecular weight is 309 g/mol. The van der Waals surface area contributed by atoms with E-state index in [0.717, 1.165) is 6.54 Å². The van der Waals surface area contributed by atoms with Gasteiger partial charge in [0, 0.05) is 18.9 Å². The van der Waals surface area contributed by atoms with Crippen LogP contribution in [0.25, 0.3) is 0 Å². The van der Waals surface area contributed by atoms with Gasteiger partial charge in [0.15, 0.2) is 0 Å². The van der Waals surface area contributed by atoms with Gasteiger partial charge in [-0.05, 0) is 32.1 Å². The number of unbranched alkanes of at least 4 members (excludes halogenated alkanes) is 8. The van der Waals surface area contributed by atoms with Crippen molar-refractivity contribution in [3.8, 4) is 0 Å². The van der Waals surface area contributed by atoms with Gasteiger partial charge in [-0.25, -0.2) is 0 Å². The lowest BCUT2D eigenvalue weighted by molar-refractivity contribution is 0.194. The van der Waals surface area contributed by atoms with Gasteiger partial charge < -0.3 is 15.3 Å². The first-order valence-electron chi connectivity index (χ1n) is 9.32. The largest absolute Gasteiger partial charge is 0.395 e. The highest BCUT2D eigenvalue weighted by Crippen LogP contribution is 2.14. The highest BCUT2D eigenvalue weighted by Gasteiger charge is 2.16. The number of hydrogen-bond acceptors (Lipinski definition) is 3. The van der Waals surface area contributed by atoms with Crippen molar-refractivity contribution in [3.63, 3.8) is 0 Å². The van der Waals surface area contributed by atoms with Gasteiger partial charge in [-0.15, -0.1) is 0 Å². The van der Waals surface area contributed by atoms with Crippen LogP contribution in [0.5, 0.6) is 0 Å². The summed E-state index contributed by atoms with van der Waals surface area (Å²) in [6.45, 7) is 3.20.